The van der Waals surface area contributed by atoms with Crippen molar-refractivity contribution in [3.63, 3.8) is 0 Å². The number of piperidine rings is 1. The van der Waals surface area contributed by atoms with Crippen molar-refractivity contribution in [2.24, 2.45) is 5.92 Å². The largest absolute Gasteiger partial charge is 0.339 e. The molecule has 0 spiro atoms. The van der Waals surface area contributed by atoms with Crippen LogP contribution < -0.4 is 4.90 Å². The Morgan fingerprint density at radius 1 is 1.07 bits per heavy atom. The topological polar surface area (TPSA) is 86.7 Å². The first-order valence-corrected chi connectivity index (χ1v) is 11.4. The first-order chi connectivity index (χ1) is 13.0. The van der Waals surface area contributed by atoms with Crippen LogP contribution in [0.2, 0.25) is 0 Å². The van der Waals surface area contributed by atoms with Crippen molar-refractivity contribution < 1.29 is 13.2 Å². The zero-order chi connectivity index (χ0) is 19.3. The van der Waals surface area contributed by atoms with Crippen molar-refractivity contribution in [3.05, 3.63) is 18.5 Å². The Morgan fingerprint density at radius 2 is 1.70 bits per heavy atom. The Balaban J connectivity index is 1.47. The van der Waals surface area contributed by atoms with Crippen molar-refractivity contribution in [1.82, 2.24) is 19.2 Å². The molecule has 2 aliphatic rings. The third-order valence-corrected chi connectivity index (χ3v) is 7.34. The number of sulfonamides is 1. The maximum absolute atomic E-state index is 12.8. The van der Waals surface area contributed by atoms with Crippen LogP contribution in [0.3, 0.4) is 0 Å². The van der Waals surface area contributed by atoms with Crippen LogP contribution in [0.5, 0.6) is 0 Å². The molecule has 1 aromatic heterocycles. The molecule has 0 aromatic carbocycles. The van der Waals surface area contributed by atoms with Crippen LogP contribution in [0, 0.1) is 5.92 Å². The Labute approximate surface area is 161 Å². The Kier molecular flexibility index (Phi) is 6.64. The minimum Gasteiger partial charge on any atom is -0.339 e. The van der Waals surface area contributed by atoms with Gasteiger partial charge in [-0.2, -0.15) is 0 Å². The first-order valence-electron chi connectivity index (χ1n) is 9.80. The number of hydrogen-bond donors (Lipinski definition) is 0. The zero-order valence-corrected chi connectivity index (χ0v) is 16.8. The molecule has 0 saturated carbocycles. The van der Waals surface area contributed by atoms with Crippen molar-refractivity contribution in [2.45, 2.75) is 32.6 Å². The van der Waals surface area contributed by atoms with Gasteiger partial charge in [0.25, 0.3) is 0 Å². The van der Waals surface area contributed by atoms with Crippen LogP contribution in [0.25, 0.3) is 0 Å². The van der Waals surface area contributed by atoms with E-state index in [-0.39, 0.29) is 17.6 Å². The van der Waals surface area contributed by atoms with E-state index in [1.54, 1.807) is 22.8 Å². The monoisotopic (exact) mass is 395 g/mol. The average Bonchev–Trinajstić information content (AvgIpc) is 2.72. The van der Waals surface area contributed by atoms with Crippen LogP contribution in [-0.2, 0) is 14.8 Å². The molecule has 0 aliphatic carbocycles. The minimum atomic E-state index is -3.17. The maximum atomic E-state index is 12.8. The Morgan fingerprint density at radius 3 is 2.30 bits per heavy atom. The number of rotatable bonds is 6. The lowest BCUT2D eigenvalue weighted by atomic mass is 9.96. The number of anilines is 1. The van der Waals surface area contributed by atoms with Gasteiger partial charge in [-0.25, -0.2) is 22.7 Å². The Bertz CT molecular complexity index is 712. The summed E-state index contributed by atoms with van der Waals surface area (Å²) in [5.74, 6) is 1.01. The highest BCUT2D eigenvalue weighted by Gasteiger charge is 2.33. The molecule has 27 heavy (non-hydrogen) atoms. The number of nitrogens with zero attached hydrogens (tertiary/aromatic N) is 5. The molecule has 8 nitrogen and oxygen atoms in total. The van der Waals surface area contributed by atoms with Crippen molar-refractivity contribution in [3.8, 4) is 0 Å². The standard InChI is InChI=1S/C18H29N5O3S/c1-2-3-15-27(25,26)23-9-5-16(6-10-23)17(24)21-11-13-22(14-12-21)18-19-7-4-8-20-18/h4,7-8,16H,2-3,5-6,9-15H2,1H3. The molecule has 1 amide bonds. The van der Waals surface area contributed by atoms with E-state index < -0.39 is 10.0 Å². The predicted octanol–water partition coefficient (Wildman–Crippen LogP) is 0.967. The summed E-state index contributed by atoms with van der Waals surface area (Å²) < 4.78 is 26.2. The fraction of sp³-hybridized carbons (Fsp3) is 0.722. The van der Waals surface area contributed by atoms with E-state index in [4.69, 9.17) is 0 Å². The van der Waals surface area contributed by atoms with Gasteiger partial charge in [0.15, 0.2) is 0 Å². The van der Waals surface area contributed by atoms with Crippen LogP contribution in [0.4, 0.5) is 5.95 Å². The molecule has 0 N–H and O–H groups in total. The van der Waals surface area contributed by atoms with E-state index in [1.165, 1.54) is 0 Å². The van der Waals surface area contributed by atoms with Gasteiger partial charge in [0.2, 0.25) is 21.9 Å². The number of carbonyl (C=O) groups is 1. The molecule has 2 saturated heterocycles. The van der Waals surface area contributed by atoms with Crippen molar-refractivity contribution in [2.75, 3.05) is 49.9 Å². The van der Waals surface area contributed by atoms with Gasteiger partial charge in [-0.05, 0) is 25.3 Å². The summed E-state index contributed by atoms with van der Waals surface area (Å²) in [6.45, 7) is 5.67. The molecule has 0 radical (unpaired) electrons. The fourth-order valence-electron chi connectivity index (χ4n) is 3.68. The van der Waals surface area contributed by atoms with Gasteiger partial charge < -0.3 is 9.80 Å². The number of hydrogen-bond acceptors (Lipinski definition) is 6. The summed E-state index contributed by atoms with van der Waals surface area (Å²) in [5.41, 5.74) is 0. The molecule has 3 heterocycles. The highest BCUT2D eigenvalue weighted by Crippen LogP contribution is 2.23. The first kappa shape index (κ1) is 20.0. The second-order valence-electron chi connectivity index (χ2n) is 7.20. The van der Waals surface area contributed by atoms with E-state index in [0.29, 0.717) is 51.4 Å². The molecular weight excluding hydrogens is 366 g/mol. The summed E-state index contributed by atoms with van der Waals surface area (Å²) >= 11 is 0. The lowest BCUT2D eigenvalue weighted by molar-refractivity contribution is -0.137. The summed E-state index contributed by atoms with van der Waals surface area (Å²) in [7, 11) is -3.17. The van der Waals surface area contributed by atoms with E-state index in [0.717, 1.165) is 19.5 Å². The van der Waals surface area contributed by atoms with Gasteiger partial charge in [0.1, 0.15) is 0 Å². The average molecular weight is 396 g/mol. The predicted molar refractivity (Wildman–Crippen MR) is 104 cm³/mol. The summed E-state index contributed by atoms with van der Waals surface area (Å²) in [4.78, 5) is 25.4. The van der Waals surface area contributed by atoms with E-state index >= 15 is 0 Å². The third kappa shape index (κ3) is 4.95. The molecule has 2 fully saturated rings. The second-order valence-corrected chi connectivity index (χ2v) is 9.29. The smallest absolute Gasteiger partial charge is 0.225 e. The van der Waals surface area contributed by atoms with Crippen LogP contribution in [0.1, 0.15) is 32.6 Å². The number of unbranched alkanes of at least 4 members (excludes halogenated alkanes) is 1. The molecule has 9 heteroatoms. The summed E-state index contributed by atoms with van der Waals surface area (Å²) in [6, 6.07) is 1.79. The number of amides is 1. The van der Waals surface area contributed by atoms with Gasteiger partial charge in [0, 0.05) is 57.6 Å². The Hall–Kier alpha value is -1.74. The lowest BCUT2D eigenvalue weighted by Gasteiger charge is -2.38. The normalized spacial score (nSPS) is 20.0. The van der Waals surface area contributed by atoms with Crippen molar-refractivity contribution in [1.29, 1.82) is 0 Å². The molecule has 0 unspecified atom stereocenters. The highest BCUT2D eigenvalue weighted by atomic mass is 32.2. The highest BCUT2D eigenvalue weighted by molar-refractivity contribution is 7.89. The lowest BCUT2D eigenvalue weighted by Crippen LogP contribution is -2.52. The van der Waals surface area contributed by atoms with Crippen molar-refractivity contribution >= 4 is 21.9 Å². The van der Waals surface area contributed by atoms with Gasteiger partial charge in [0.05, 0.1) is 5.75 Å². The van der Waals surface area contributed by atoms with E-state index in [1.807, 2.05) is 11.8 Å². The number of piperazine rings is 1. The maximum Gasteiger partial charge on any atom is 0.225 e. The molecule has 3 rings (SSSR count). The SMILES string of the molecule is CCCCS(=O)(=O)N1CCC(C(=O)N2CCN(c3ncccn3)CC2)CC1. The van der Waals surface area contributed by atoms with E-state index in [9.17, 15) is 13.2 Å². The van der Waals surface area contributed by atoms with Crippen LogP contribution in [-0.4, -0.2) is 78.5 Å². The molecule has 0 bridgehead atoms. The quantitative estimate of drug-likeness (QED) is 0.713. The van der Waals surface area contributed by atoms with Crippen LogP contribution >= 0.6 is 0 Å². The van der Waals surface area contributed by atoms with Gasteiger partial charge in [-0.15, -0.1) is 0 Å². The fourth-order valence-corrected chi connectivity index (χ4v) is 5.36. The van der Waals surface area contributed by atoms with Gasteiger partial charge in [-0.3, -0.25) is 4.79 Å². The third-order valence-electron chi connectivity index (χ3n) is 5.38. The molecule has 1 aromatic rings. The second kappa shape index (κ2) is 8.97. The number of aromatic nitrogens is 2. The zero-order valence-electron chi connectivity index (χ0n) is 16.0. The molecule has 2 aliphatic heterocycles. The van der Waals surface area contributed by atoms with Crippen LogP contribution in [0.15, 0.2) is 18.5 Å². The van der Waals surface area contributed by atoms with E-state index in [2.05, 4.69) is 14.9 Å². The molecular formula is C18H29N5O3S. The molecule has 150 valence electrons. The van der Waals surface area contributed by atoms with Gasteiger partial charge in [-0.1, -0.05) is 13.3 Å². The summed E-state index contributed by atoms with van der Waals surface area (Å²) in [6.07, 6.45) is 6.24. The minimum absolute atomic E-state index is 0.0675. The number of carbonyl (C=O) groups excluding carboxylic acids is 1. The molecule has 0 atom stereocenters. The summed E-state index contributed by atoms with van der Waals surface area (Å²) in [5, 5.41) is 0. The van der Waals surface area contributed by atoms with Gasteiger partial charge >= 0.3 is 0 Å².